The van der Waals surface area contributed by atoms with Crippen LogP contribution in [0.4, 0.5) is 4.39 Å². The Kier molecular flexibility index (Phi) is 2.93. The van der Waals surface area contributed by atoms with Crippen molar-refractivity contribution in [1.29, 1.82) is 0 Å². The van der Waals surface area contributed by atoms with Crippen LogP contribution in [0.15, 0.2) is 33.9 Å². The molecule has 1 aliphatic carbocycles. The van der Waals surface area contributed by atoms with Gasteiger partial charge in [-0.25, -0.2) is 9.18 Å². The molecular formula is C14H13FN2O3. The number of rotatable bonds is 3. The first-order valence-electron chi connectivity index (χ1n) is 6.38. The van der Waals surface area contributed by atoms with E-state index in [4.69, 9.17) is 0 Å². The van der Waals surface area contributed by atoms with Crippen LogP contribution >= 0.6 is 0 Å². The zero-order chi connectivity index (χ0) is 14.3. The minimum atomic E-state index is -0.717. The highest BCUT2D eigenvalue weighted by atomic mass is 19.1. The van der Waals surface area contributed by atoms with E-state index in [1.54, 1.807) is 0 Å². The highest BCUT2D eigenvalue weighted by Crippen LogP contribution is 2.32. The summed E-state index contributed by atoms with van der Waals surface area (Å²) in [5, 5.41) is 10.2. The lowest BCUT2D eigenvalue weighted by molar-refractivity contribution is 0.395. The fourth-order valence-electron chi connectivity index (χ4n) is 2.19. The number of nitrogens with one attached hydrogen (secondary N) is 1. The van der Waals surface area contributed by atoms with E-state index in [2.05, 4.69) is 4.98 Å². The molecule has 0 radical (unpaired) electrons. The monoisotopic (exact) mass is 276 g/mol. The number of H-pyrrole nitrogens is 1. The molecule has 0 unspecified atom stereocenters. The number of benzene rings is 1. The normalized spacial score (nSPS) is 14.4. The molecule has 0 amide bonds. The van der Waals surface area contributed by atoms with Crippen molar-refractivity contribution >= 4 is 0 Å². The topological polar surface area (TPSA) is 75.1 Å². The van der Waals surface area contributed by atoms with Gasteiger partial charge in [0.05, 0.1) is 0 Å². The lowest BCUT2D eigenvalue weighted by Gasteiger charge is -2.11. The van der Waals surface area contributed by atoms with E-state index < -0.39 is 22.9 Å². The van der Waals surface area contributed by atoms with E-state index in [1.165, 1.54) is 18.2 Å². The molecule has 0 spiro atoms. The van der Waals surface area contributed by atoms with Crippen LogP contribution in [0.25, 0.3) is 11.1 Å². The molecule has 0 saturated heterocycles. The van der Waals surface area contributed by atoms with Gasteiger partial charge in [0.25, 0.3) is 5.56 Å². The van der Waals surface area contributed by atoms with Crippen molar-refractivity contribution in [3.05, 3.63) is 50.9 Å². The molecule has 1 fully saturated rings. The van der Waals surface area contributed by atoms with Gasteiger partial charge in [-0.1, -0.05) is 12.1 Å². The summed E-state index contributed by atoms with van der Waals surface area (Å²) in [6.45, 7) is 0.365. The Balaban J connectivity index is 2.19. The van der Waals surface area contributed by atoms with Gasteiger partial charge in [-0.2, -0.15) is 0 Å². The second-order valence-electron chi connectivity index (χ2n) is 5.02. The molecule has 1 aromatic carbocycles. The van der Waals surface area contributed by atoms with Crippen LogP contribution in [-0.4, -0.2) is 14.7 Å². The van der Waals surface area contributed by atoms with Crippen LogP contribution in [0.2, 0.25) is 0 Å². The number of aromatic amines is 1. The molecule has 0 bridgehead atoms. The van der Waals surface area contributed by atoms with E-state index in [9.17, 15) is 19.1 Å². The molecule has 2 N–H and O–H groups in total. The van der Waals surface area contributed by atoms with Gasteiger partial charge >= 0.3 is 5.69 Å². The zero-order valence-corrected chi connectivity index (χ0v) is 10.6. The number of hydrogen-bond acceptors (Lipinski definition) is 3. The molecule has 1 aromatic heterocycles. The third-order valence-electron chi connectivity index (χ3n) is 3.42. The second-order valence-corrected chi connectivity index (χ2v) is 5.02. The van der Waals surface area contributed by atoms with Crippen molar-refractivity contribution in [2.75, 3.05) is 0 Å². The SMILES string of the molecule is O=c1[nH]c(=O)n(CC2CC2)c(O)c1-c1cccc(F)c1. The molecule has 1 aliphatic rings. The summed E-state index contributed by atoms with van der Waals surface area (Å²) in [6.07, 6.45) is 2.00. The number of hydrogen-bond donors (Lipinski definition) is 2. The van der Waals surface area contributed by atoms with Crippen molar-refractivity contribution in [2.45, 2.75) is 19.4 Å². The Morgan fingerprint density at radius 2 is 2.10 bits per heavy atom. The minimum Gasteiger partial charge on any atom is -0.494 e. The van der Waals surface area contributed by atoms with E-state index in [1.807, 2.05) is 0 Å². The van der Waals surface area contributed by atoms with Gasteiger partial charge in [0.15, 0.2) is 0 Å². The van der Waals surface area contributed by atoms with Gasteiger partial charge in [0.1, 0.15) is 11.4 Å². The molecule has 3 rings (SSSR count). The largest absolute Gasteiger partial charge is 0.494 e. The molecule has 5 nitrogen and oxygen atoms in total. The molecule has 0 aliphatic heterocycles. The van der Waals surface area contributed by atoms with Crippen LogP contribution in [0.3, 0.4) is 0 Å². The Hall–Kier alpha value is -2.37. The van der Waals surface area contributed by atoms with Crippen LogP contribution in [0.5, 0.6) is 5.88 Å². The second kappa shape index (κ2) is 4.63. The molecule has 0 atom stereocenters. The zero-order valence-electron chi connectivity index (χ0n) is 10.6. The summed E-state index contributed by atoms with van der Waals surface area (Å²) >= 11 is 0. The third kappa shape index (κ3) is 2.24. The maximum Gasteiger partial charge on any atom is 0.331 e. The van der Waals surface area contributed by atoms with Crippen molar-refractivity contribution in [3.63, 3.8) is 0 Å². The van der Waals surface area contributed by atoms with E-state index >= 15 is 0 Å². The third-order valence-corrected chi connectivity index (χ3v) is 3.42. The fraction of sp³-hybridized carbons (Fsp3) is 0.286. The number of nitrogens with zero attached hydrogens (tertiary/aromatic N) is 1. The first kappa shape index (κ1) is 12.7. The predicted molar refractivity (Wildman–Crippen MR) is 71.1 cm³/mol. The maximum atomic E-state index is 13.3. The van der Waals surface area contributed by atoms with Crippen LogP contribution in [0.1, 0.15) is 12.8 Å². The smallest absolute Gasteiger partial charge is 0.331 e. The average Bonchev–Trinajstić information content (AvgIpc) is 3.18. The van der Waals surface area contributed by atoms with Gasteiger partial charge in [0.2, 0.25) is 5.88 Å². The summed E-state index contributed by atoms with van der Waals surface area (Å²) in [5.74, 6) is -0.567. The Bertz CT molecular complexity index is 775. The van der Waals surface area contributed by atoms with Crippen LogP contribution < -0.4 is 11.2 Å². The van der Waals surface area contributed by atoms with E-state index in [0.717, 1.165) is 23.5 Å². The maximum absolute atomic E-state index is 13.3. The van der Waals surface area contributed by atoms with Crippen molar-refractivity contribution in [2.24, 2.45) is 5.92 Å². The lowest BCUT2D eigenvalue weighted by atomic mass is 10.1. The highest BCUT2D eigenvalue weighted by Gasteiger charge is 2.25. The Morgan fingerprint density at radius 3 is 2.75 bits per heavy atom. The van der Waals surface area contributed by atoms with E-state index in [0.29, 0.717) is 12.5 Å². The molecule has 1 saturated carbocycles. The van der Waals surface area contributed by atoms with E-state index in [-0.39, 0.29) is 11.1 Å². The first-order valence-corrected chi connectivity index (χ1v) is 6.38. The van der Waals surface area contributed by atoms with Crippen molar-refractivity contribution in [3.8, 4) is 17.0 Å². The van der Waals surface area contributed by atoms with Crippen LogP contribution in [-0.2, 0) is 6.54 Å². The minimum absolute atomic E-state index is 0.0789. The molecular weight excluding hydrogens is 263 g/mol. The summed E-state index contributed by atoms with van der Waals surface area (Å²) in [6, 6.07) is 5.35. The Morgan fingerprint density at radius 1 is 1.35 bits per heavy atom. The van der Waals surface area contributed by atoms with Gasteiger partial charge < -0.3 is 5.11 Å². The quantitative estimate of drug-likeness (QED) is 0.891. The Labute approximate surface area is 113 Å². The number of aromatic hydroxyl groups is 1. The number of aromatic nitrogens is 2. The van der Waals surface area contributed by atoms with Gasteiger partial charge in [0, 0.05) is 6.54 Å². The van der Waals surface area contributed by atoms with Gasteiger partial charge in [-0.05, 0) is 36.5 Å². The molecule has 104 valence electrons. The molecule has 20 heavy (non-hydrogen) atoms. The number of halogens is 1. The molecule has 6 heteroatoms. The summed E-state index contributed by atoms with van der Waals surface area (Å²) in [4.78, 5) is 25.8. The van der Waals surface area contributed by atoms with Crippen molar-refractivity contribution < 1.29 is 9.50 Å². The van der Waals surface area contributed by atoms with Crippen LogP contribution in [0, 0.1) is 11.7 Å². The lowest BCUT2D eigenvalue weighted by Crippen LogP contribution is -2.31. The standard InChI is InChI=1S/C14H13FN2O3/c15-10-3-1-2-9(6-10)11-12(18)16-14(20)17(13(11)19)7-8-4-5-8/h1-3,6,8,19H,4-5,7H2,(H,16,18,20). The first-order chi connectivity index (χ1) is 9.56. The average molecular weight is 276 g/mol. The summed E-state index contributed by atoms with van der Waals surface area (Å²) in [7, 11) is 0. The summed E-state index contributed by atoms with van der Waals surface area (Å²) < 4.78 is 14.4. The summed E-state index contributed by atoms with van der Waals surface area (Å²) in [5.41, 5.74) is -1.19. The molecule has 2 aromatic rings. The van der Waals surface area contributed by atoms with Crippen molar-refractivity contribution in [1.82, 2.24) is 9.55 Å². The predicted octanol–water partition coefficient (Wildman–Crippen LogP) is 1.46. The fourth-order valence-corrected chi connectivity index (χ4v) is 2.19. The molecule has 1 heterocycles. The van der Waals surface area contributed by atoms with Gasteiger partial charge in [-0.15, -0.1) is 0 Å². The highest BCUT2D eigenvalue weighted by molar-refractivity contribution is 5.67. The van der Waals surface area contributed by atoms with Gasteiger partial charge in [-0.3, -0.25) is 14.3 Å².